The summed E-state index contributed by atoms with van der Waals surface area (Å²) < 4.78 is 6.33. The molecular weight excluding hydrogens is 496 g/mol. The molecule has 3 saturated heterocycles. The Hall–Kier alpha value is -2.61. The van der Waals surface area contributed by atoms with Gasteiger partial charge in [0.05, 0.1) is 17.3 Å². The van der Waals surface area contributed by atoms with Crippen LogP contribution in [-0.2, 0) is 13.0 Å². The number of nitrogens with zero attached hydrogens (tertiary/aromatic N) is 5. The third-order valence-electron chi connectivity index (χ3n) is 9.22. The van der Waals surface area contributed by atoms with Crippen LogP contribution in [0.3, 0.4) is 0 Å². The highest BCUT2D eigenvalue weighted by Crippen LogP contribution is 2.38. The third kappa shape index (κ3) is 4.38. The summed E-state index contributed by atoms with van der Waals surface area (Å²) in [6, 6.07) is 14.6. The van der Waals surface area contributed by atoms with Crippen LogP contribution < -0.4 is 19.9 Å². The minimum absolute atomic E-state index is 0.434. The molecule has 8 heteroatoms. The summed E-state index contributed by atoms with van der Waals surface area (Å²) in [5.74, 6) is 1.79. The van der Waals surface area contributed by atoms with E-state index in [1.807, 2.05) is 12.1 Å². The largest absolute Gasteiger partial charge is 0.462 e. The zero-order valence-corrected chi connectivity index (χ0v) is 23.1. The zero-order chi connectivity index (χ0) is 25.8. The number of benzene rings is 2. The first-order valence-corrected chi connectivity index (χ1v) is 14.6. The van der Waals surface area contributed by atoms with Crippen molar-refractivity contribution in [1.29, 1.82) is 0 Å². The maximum atomic E-state index is 6.70. The number of hydrogen-bond donors (Lipinski definition) is 1. The van der Waals surface area contributed by atoms with Crippen molar-refractivity contribution < 1.29 is 4.74 Å². The third-order valence-corrected chi connectivity index (χ3v) is 9.54. The van der Waals surface area contributed by atoms with Crippen molar-refractivity contribution in [3.8, 4) is 6.01 Å². The fourth-order valence-electron chi connectivity index (χ4n) is 7.08. The number of fused-ring (bicyclic) bond motifs is 4. The Kier molecular flexibility index (Phi) is 6.33. The highest BCUT2D eigenvalue weighted by Gasteiger charge is 2.39. The number of hydrogen-bond acceptors (Lipinski definition) is 7. The molecule has 38 heavy (non-hydrogen) atoms. The van der Waals surface area contributed by atoms with Crippen LogP contribution in [0.5, 0.6) is 6.01 Å². The van der Waals surface area contributed by atoms with Crippen LogP contribution in [-0.4, -0.2) is 72.8 Å². The lowest BCUT2D eigenvalue weighted by Gasteiger charge is -2.38. The molecule has 4 atom stereocenters. The number of likely N-dealkylation sites (N-methyl/N-ethyl adjacent to an activating group) is 1. The molecule has 0 aliphatic carbocycles. The normalized spacial score (nSPS) is 27.2. The van der Waals surface area contributed by atoms with Gasteiger partial charge < -0.3 is 24.8 Å². The van der Waals surface area contributed by atoms with E-state index in [4.69, 9.17) is 26.3 Å². The van der Waals surface area contributed by atoms with Crippen LogP contribution in [0.2, 0.25) is 5.02 Å². The summed E-state index contributed by atoms with van der Waals surface area (Å²) in [6.07, 6.45) is 4.54. The molecule has 1 aromatic heterocycles. The lowest BCUT2D eigenvalue weighted by molar-refractivity contribution is 0.187. The maximum absolute atomic E-state index is 6.70. The SMILES string of the molecule is C[C@@H]1C[C@@H]2CN(c3nc(OCC4CCCN4C)nc4c3CCN(c3cccc5cccc(Cl)c35)C4)C[C@H]1N2. The molecule has 7 rings (SSSR count). The van der Waals surface area contributed by atoms with Crippen LogP contribution in [0, 0.1) is 5.92 Å². The zero-order valence-electron chi connectivity index (χ0n) is 22.4. The molecule has 5 heterocycles. The number of halogens is 1. The molecule has 4 aliphatic heterocycles. The molecule has 1 unspecified atom stereocenters. The molecular formula is C30H37ClN6O. The maximum Gasteiger partial charge on any atom is 0.318 e. The Labute approximate surface area is 230 Å². The van der Waals surface area contributed by atoms with Gasteiger partial charge in [0.25, 0.3) is 0 Å². The van der Waals surface area contributed by atoms with Crippen LogP contribution in [0.1, 0.15) is 37.4 Å². The van der Waals surface area contributed by atoms with Crippen LogP contribution in [0.15, 0.2) is 36.4 Å². The second kappa shape index (κ2) is 9.85. The van der Waals surface area contributed by atoms with Crippen molar-refractivity contribution in [3.05, 3.63) is 52.7 Å². The highest BCUT2D eigenvalue weighted by atomic mass is 35.5. The van der Waals surface area contributed by atoms with Crippen LogP contribution in [0.25, 0.3) is 10.8 Å². The van der Waals surface area contributed by atoms with Crippen molar-refractivity contribution >= 4 is 33.9 Å². The topological polar surface area (TPSA) is 56.8 Å². The second-order valence-corrected chi connectivity index (χ2v) is 12.1. The van der Waals surface area contributed by atoms with E-state index in [1.54, 1.807) is 0 Å². The molecule has 4 aliphatic rings. The van der Waals surface area contributed by atoms with Gasteiger partial charge in [0.1, 0.15) is 12.4 Å². The second-order valence-electron chi connectivity index (χ2n) is 11.7. The number of anilines is 2. The van der Waals surface area contributed by atoms with E-state index in [9.17, 15) is 0 Å². The molecule has 0 saturated carbocycles. The number of ether oxygens (including phenoxy) is 1. The number of nitrogens with one attached hydrogen (secondary N) is 1. The molecule has 2 bridgehead atoms. The minimum atomic E-state index is 0.434. The lowest BCUT2D eigenvalue weighted by Crippen LogP contribution is -2.52. The van der Waals surface area contributed by atoms with Crippen molar-refractivity contribution in [2.45, 2.75) is 57.3 Å². The monoisotopic (exact) mass is 532 g/mol. The first-order valence-electron chi connectivity index (χ1n) is 14.2. The summed E-state index contributed by atoms with van der Waals surface area (Å²) in [7, 11) is 2.19. The quantitative estimate of drug-likeness (QED) is 0.519. The Bertz CT molecular complexity index is 1340. The first kappa shape index (κ1) is 24.4. The molecule has 3 aromatic rings. The van der Waals surface area contributed by atoms with Crippen molar-refractivity contribution in [2.24, 2.45) is 5.92 Å². The van der Waals surface area contributed by atoms with Gasteiger partial charge in [-0.05, 0) is 62.7 Å². The average molecular weight is 533 g/mol. The Morgan fingerprint density at radius 2 is 1.95 bits per heavy atom. The van der Waals surface area contributed by atoms with Gasteiger partial charge in [-0.1, -0.05) is 42.8 Å². The molecule has 3 fully saturated rings. The summed E-state index contributed by atoms with van der Waals surface area (Å²) in [5, 5.41) is 6.88. The fourth-order valence-corrected chi connectivity index (χ4v) is 7.36. The van der Waals surface area contributed by atoms with Crippen molar-refractivity contribution in [2.75, 3.05) is 49.6 Å². The van der Waals surface area contributed by atoms with Gasteiger partial charge in [0.15, 0.2) is 0 Å². The predicted molar refractivity (Wildman–Crippen MR) is 154 cm³/mol. The molecule has 2 aromatic carbocycles. The number of aromatic nitrogens is 2. The van der Waals surface area contributed by atoms with E-state index in [0.29, 0.717) is 36.7 Å². The molecule has 1 N–H and O–H groups in total. The van der Waals surface area contributed by atoms with Gasteiger partial charge in [-0.2, -0.15) is 9.97 Å². The van der Waals surface area contributed by atoms with Gasteiger partial charge >= 0.3 is 6.01 Å². The van der Waals surface area contributed by atoms with Gasteiger partial charge in [0, 0.05) is 54.4 Å². The van der Waals surface area contributed by atoms with E-state index in [1.165, 1.54) is 35.9 Å². The first-order chi connectivity index (χ1) is 18.5. The predicted octanol–water partition coefficient (Wildman–Crippen LogP) is 4.51. The smallest absolute Gasteiger partial charge is 0.318 e. The van der Waals surface area contributed by atoms with Crippen molar-refractivity contribution in [1.82, 2.24) is 20.2 Å². The van der Waals surface area contributed by atoms with Crippen molar-refractivity contribution in [3.63, 3.8) is 0 Å². The lowest BCUT2D eigenvalue weighted by atomic mass is 10.0. The molecule has 0 spiro atoms. The fraction of sp³-hybridized carbons (Fsp3) is 0.533. The van der Waals surface area contributed by atoms with Gasteiger partial charge in [-0.25, -0.2) is 0 Å². The van der Waals surface area contributed by atoms with Crippen LogP contribution >= 0.6 is 11.6 Å². The average Bonchev–Trinajstić information content (AvgIpc) is 3.46. The summed E-state index contributed by atoms with van der Waals surface area (Å²) in [5.41, 5.74) is 3.54. The van der Waals surface area contributed by atoms with Crippen LogP contribution in [0.4, 0.5) is 11.5 Å². The summed E-state index contributed by atoms with van der Waals surface area (Å²) in [6.45, 7) is 7.78. The van der Waals surface area contributed by atoms with E-state index < -0.39 is 0 Å². The van der Waals surface area contributed by atoms with E-state index in [0.717, 1.165) is 61.1 Å². The molecule has 0 amide bonds. The van der Waals surface area contributed by atoms with Gasteiger partial charge in [-0.3, -0.25) is 0 Å². The summed E-state index contributed by atoms with van der Waals surface area (Å²) in [4.78, 5) is 17.4. The van der Waals surface area contributed by atoms with E-state index in [-0.39, 0.29) is 0 Å². The van der Waals surface area contributed by atoms with E-state index >= 15 is 0 Å². The molecule has 200 valence electrons. The summed E-state index contributed by atoms with van der Waals surface area (Å²) >= 11 is 6.70. The standard InChI is InChI=1S/C30H37ClN6O/c1-19-14-21-15-37(16-25(19)32-21)29-23-11-13-36(27-10-4-7-20-6-3-9-24(31)28(20)27)17-26(23)33-30(34-29)38-18-22-8-5-12-35(22)2/h3-4,6-7,9-10,19,21-22,25,32H,5,8,11-18H2,1-2H3/t19-,21-,22?,25-/m1/s1. The van der Waals surface area contributed by atoms with Gasteiger partial charge in [-0.15, -0.1) is 0 Å². The Balaban J connectivity index is 1.23. The Morgan fingerprint density at radius 1 is 1.08 bits per heavy atom. The van der Waals surface area contributed by atoms with E-state index in [2.05, 4.69) is 58.3 Å². The minimum Gasteiger partial charge on any atom is -0.462 e. The molecule has 0 radical (unpaired) electrons. The Morgan fingerprint density at radius 3 is 2.76 bits per heavy atom. The highest BCUT2D eigenvalue weighted by molar-refractivity contribution is 6.36. The number of likely N-dealkylation sites (tertiary alicyclic amines) is 1. The molecule has 7 nitrogen and oxygen atoms in total. The van der Waals surface area contributed by atoms with Gasteiger partial charge in [0.2, 0.25) is 0 Å². The number of rotatable bonds is 5. The number of piperazine rings is 1.